The molecule has 0 saturated heterocycles. The van der Waals surface area contributed by atoms with E-state index in [0.717, 1.165) is 110 Å². The summed E-state index contributed by atoms with van der Waals surface area (Å²) in [5, 5.41) is 9.51. The summed E-state index contributed by atoms with van der Waals surface area (Å²) in [6, 6.07) is 0. The number of hydrogen-bond donors (Lipinski definition) is 1. The highest BCUT2D eigenvalue weighted by atomic mass is 28.4. The zero-order valence-electron chi connectivity index (χ0n) is 43.2. The smallest absolute Gasteiger partial charge is 0.333 e. The van der Waals surface area contributed by atoms with Crippen molar-refractivity contribution in [3.05, 3.63) is 0 Å². The molecule has 0 heterocycles. The van der Waals surface area contributed by atoms with Crippen LogP contribution in [0.25, 0.3) is 0 Å². The second kappa shape index (κ2) is 46.2. The van der Waals surface area contributed by atoms with Crippen molar-refractivity contribution in [2.75, 3.05) is 52.7 Å². The van der Waals surface area contributed by atoms with Crippen LogP contribution in [0.5, 0.6) is 0 Å². The van der Waals surface area contributed by atoms with E-state index in [-0.39, 0.29) is 19.2 Å². The van der Waals surface area contributed by atoms with E-state index in [9.17, 15) is 5.11 Å². The highest BCUT2D eigenvalue weighted by molar-refractivity contribution is 6.64. The Morgan fingerprint density at radius 2 is 0.645 bits per heavy atom. The van der Waals surface area contributed by atoms with Gasteiger partial charge in [0, 0.05) is 33.0 Å². The standard InChI is InChI=1S/C52H111NO7Si2/c1-9-13-17-21-25-37-47-55-51(59-61(5,6)57-49-39-27-23-19-15-11-3)41-31-29-33-43-53(45-35-36-46-54)44-34-30-32-42-52(56-48-38-26-22-18-14-10-2)60-62(7,8)58-50-40-28-24-20-16-12-4/h51-52,54H,9-50H2,1-8H3. The Morgan fingerprint density at radius 3 is 0.984 bits per heavy atom. The van der Waals surface area contributed by atoms with Gasteiger partial charge < -0.3 is 37.2 Å². The van der Waals surface area contributed by atoms with Gasteiger partial charge in [0.15, 0.2) is 0 Å². The minimum Gasteiger partial charge on any atom is -0.396 e. The predicted molar refractivity (Wildman–Crippen MR) is 272 cm³/mol. The molecule has 374 valence electrons. The molecule has 2 unspecified atom stereocenters. The molecule has 0 aromatic rings. The quantitative estimate of drug-likeness (QED) is 0.0367. The lowest BCUT2D eigenvalue weighted by atomic mass is 10.1. The maximum atomic E-state index is 9.51. The van der Waals surface area contributed by atoms with Crippen LogP contribution in [-0.2, 0) is 27.2 Å². The van der Waals surface area contributed by atoms with Crippen LogP contribution in [0.1, 0.15) is 246 Å². The van der Waals surface area contributed by atoms with E-state index in [1.165, 1.54) is 154 Å². The summed E-state index contributed by atoms with van der Waals surface area (Å²) in [4.78, 5) is 2.64. The van der Waals surface area contributed by atoms with E-state index < -0.39 is 17.1 Å². The Morgan fingerprint density at radius 1 is 0.355 bits per heavy atom. The van der Waals surface area contributed by atoms with Crippen molar-refractivity contribution in [3.63, 3.8) is 0 Å². The fourth-order valence-corrected chi connectivity index (χ4v) is 11.1. The van der Waals surface area contributed by atoms with Gasteiger partial charge in [-0.15, -0.1) is 0 Å². The van der Waals surface area contributed by atoms with Crippen LogP contribution < -0.4 is 0 Å². The molecule has 0 radical (unpaired) electrons. The highest BCUT2D eigenvalue weighted by Gasteiger charge is 2.30. The van der Waals surface area contributed by atoms with Gasteiger partial charge in [-0.1, -0.05) is 169 Å². The van der Waals surface area contributed by atoms with E-state index in [2.05, 4.69) is 58.8 Å². The van der Waals surface area contributed by atoms with Gasteiger partial charge in [0.1, 0.15) is 12.6 Å². The summed E-state index contributed by atoms with van der Waals surface area (Å²) in [5.41, 5.74) is 0. The molecule has 62 heavy (non-hydrogen) atoms. The third-order valence-electron chi connectivity index (χ3n) is 12.0. The lowest BCUT2D eigenvalue weighted by Gasteiger charge is -2.29. The summed E-state index contributed by atoms with van der Waals surface area (Å²) >= 11 is 0. The first-order chi connectivity index (χ1) is 30.1. The average Bonchev–Trinajstić information content (AvgIpc) is 3.24. The normalized spacial score (nSPS) is 13.5. The Hall–Kier alpha value is 0.114. The number of aliphatic hydroxyl groups is 1. The fourth-order valence-electron chi connectivity index (χ4n) is 8.08. The van der Waals surface area contributed by atoms with Crippen LogP contribution in [0, 0.1) is 0 Å². The van der Waals surface area contributed by atoms with Crippen LogP contribution in [0.4, 0.5) is 0 Å². The summed E-state index contributed by atoms with van der Waals surface area (Å²) in [7, 11) is -4.55. The molecule has 0 aromatic heterocycles. The van der Waals surface area contributed by atoms with Gasteiger partial charge >= 0.3 is 17.1 Å². The van der Waals surface area contributed by atoms with Gasteiger partial charge in [0.25, 0.3) is 0 Å². The van der Waals surface area contributed by atoms with Crippen molar-refractivity contribution < 1.29 is 32.3 Å². The summed E-state index contributed by atoms with van der Waals surface area (Å²) < 4.78 is 39.0. The van der Waals surface area contributed by atoms with E-state index in [1.807, 2.05) is 0 Å². The molecule has 1 N–H and O–H groups in total. The average molecular weight is 919 g/mol. The van der Waals surface area contributed by atoms with Crippen LogP contribution in [0.3, 0.4) is 0 Å². The fraction of sp³-hybridized carbons (Fsp3) is 1.00. The van der Waals surface area contributed by atoms with Crippen molar-refractivity contribution in [1.29, 1.82) is 0 Å². The SMILES string of the molecule is CCCCCCCCOC(CCCCCN(CCCCO)CCCCCC(OCCCCCCCC)O[Si](C)(C)OCCCCCCCC)O[Si](C)(C)OCCCCCCCC. The Bertz CT molecular complexity index is 822. The highest BCUT2D eigenvalue weighted by Crippen LogP contribution is 2.21. The third kappa shape index (κ3) is 44.0. The van der Waals surface area contributed by atoms with Crippen LogP contribution in [-0.4, -0.2) is 92.4 Å². The Kier molecular flexibility index (Phi) is 46.3. The molecule has 10 heteroatoms. The molecule has 0 aromatic carbocycles. The van der Waals surface area contributed by atoms with Gasteiger partial charge in [0.2, 0.25) is 0 Å². The molecular formula is C52H111NO7Si2. The lowest BCUT2D eigenvalue weighted by molar-refractivity contribution is -0.105. The summed E-state index contributed by atoms with van der Waals surface area (Å²) in [6.45, 7) is 24.6. The maximum Gasteiger partial charge on any atom is 0.333 e. The second-order valence-corrected chi connectivity index (χ2v) is 26.0. The monoisotopic (exact) mass is 918 g/mol. The first kappa shape index (κ1) is 62.1. The zero-order valence-corrected chi connectivity index (χ0v) is 45.2. The van der Waals surface area contributed by atoms with Crippen molar-refractivity contribution in [1.82, 2.24) is 4.90 Å². The van der Waals surface area contributed by atoms with Gasteiger partial charge in [-0.05, 0) is 123 Å². The molecule has 0 aliphatic rings. The molecule has 2 atom stereocenters. The number of nitrogens with zero attached hydrogens (tertiary/aromatic N) is 1. The molecule has 0 rings (SSSR count). The lowest BCUT2D eigenvalue weighted by Crippen LogP contribution is -2.40. The predicted octanol–water partition coefficient (Wildman–Crippen LogP) is 15.8. The van der Waals surface area contributed by atoms with Crippen LogP contribution >= 0.6 is 0 Å². The number of ether oxygens (including phenoxy) is 2. The molecule has 0 amide bonds. The van der Waals surface area contributed by atoms with E-state index in [0.29, 0.717) is 0 Å². The van der Waals surface area contributed by atoms with E-state index in [4.69, 9.17) is 27.2 Å². The number of unbranched alkanes of at least 4 members (excludes halogenated alkanes) is 25. The van der Waals surface area contributed by atoms with Crippen molar-refractivity contribution in [3.8, 4) is 0 Å². The third-order valence-corrected chi connectivity index (χ3v) is 15.5. The van der Waals surface area contributed by atoms with Crippen LogP contribution in [0.15, 0.2) is 0 Å². The molecule has 8 nitrogen and oxygen atoms in total. The van der Waals surface area contributed by atoms with Crippen molar-refractivity contribution in [2.24, 2.45) is 0 Å². The first-order valence-corrected chi connectivity index (χ1v) is 33.0. The zero-order chi connectivity index (χ0) is 45.7. The second-order valence-electron chi connectivity index (χ2n) is 19.4. The van der Waals surface area contributed by atoms with Gasteiger partial charge in [-0.25, -0.2) is 0 Å². The molecule has 0 bridgehead atoms. The van der Waals surface area contributed by atoms with Gasteiger partial charge in [0.05, 0.1) is 0 Å². The summed E-state index contributed by atoms with van der Waals surface area (Å²) in [5.74, 6) is 0. The Labute approximate surface area is 390 Å². The molecule has 0 aliphatic heterocycles. The van der Waals surface area contributed by atoms with Crippen molar-refractivity contribution in [2.45, 2.75) is 285 Å². The molecule has 0 aliphatic carbocycles. The van der Waals surface area contributed by atoms with E-state index >= 15 is 0 Å². The summed E-state index contributed by atoms with van der Waals surface area (Å²) in [6.07, 6.45) is 40.9. The molecule has 0 fully saturated rings. The number of rotatable bonds is 52. The molecular weight excluding hydrogens is 807 g/mol. The minimum absolute atomic E-state index is 0.166. The minimum atomic E-state index is -2.27. The van der Waals surface area contributed by atoms with Crippen LogP contribution in [0.2, 0.25) is 26.2 Å². The van der Waals surface area contributed by atoms with Gasteiger partial charge in [-0.2, -0.15) is 0 Å². The number of aliphatic hydroxyl groups excluding tert-OH is 1. The maximum absolute atomic E-state index is 9.51. The first-order valence-electron chi connectivity index (χ1n) is 27.3. The molecule has 0 spiro atoms. The molecule has 0 saturated carbocycles. The number of hydrogen-bond acceptors (Lipinski definition) is 8. The largest absolute Gasteiger partial charge is 0.396 e. The van der Waals surface area contributed by atoms with E-state index in [1.54, 1.807) is 0 Å². The van der Waals surface area contributed by atoms with Gasteiger partial charge in [-0.3, -0.25) is 0 Å². The Balaban J connectivity index is 4.98. The topological polar surface area (TPSA) is 78.9 Å². The van der Waals surface area contributed by atoms with Crippen molar-refractivity contribution >= 4 is 17.1 Å².